The van der Waals surface area contributed by atoms with E-state index in [0.717, 1.165) is 6.04 Å². The predicted octanol–water partition coefficient (Wildman–Crippen LogP) is 16.5. The third-order valence-electron chi connectivity index (χ3n) is 14.0. The molecule has 0 spiro atoms. The molecule has 0 heterocycles. The minimum Gasteiger partial charge on any atom is -0.326 e. The highest BCUT2D eigenvalue weighted by atomic mass is 15.2. The van der Waals surface area contributed by atoms with Gasteiger partial charge in [-0.25, -0.2) is 0 Å². The molecule has 2 saturated carbocycles. The molecule has 3 N–H and O–H groups in total. The first-order valence-corrected chi connectivity index (χ1v) is 26.5. The lowest BCUT2D eigenvalue weighted by atomic mass is 9.85. The fourth-order valence-corrected chi connectivity index (χ4v) is 10.3. The van der Waals surface area contributed by atoms with Crippen LogP contribution in [0.2, 0.25) is 0 Å². The number of hydrogen-bond acceptors (Lipinski definition) is 3. The van der Waals surface area contributed by atoms with Crippen LogP contribution in [0, 0.1) is 0 Å². The highest BCUT2D eigenvalue weighted by Gasteiger charge is 2.33. The molecule has 328 valence electrons. The van der Waals surface area contributed by atoms with Crippen LogP contribution in [0.4, 0.5) is 0 Å². The van der Waals surface area contributed by atoms with Crippen LogP contribution in [0.5, 0.6) is 0 Å². The highest BCUT2D eigenvalue weighted by molar-refractivity contribution is 4.94. The summed E-state index contributed by atoms with van der Waals surface area (Å²) in [6, 6.07) is 2.32. The van der Waals surface area contributed by atoms with E-state index in [1.807, 2.05) is 0 Å². The Kier molecular flexibility index (Phi) is 36.5. The minimum absolute atomic E-state index is 0.370. The standard InChI is InChI=1S/C52H105N3/c1-3-5-7-9-11-13-15-17-19-21-23-25-27-29-31-33-35-41-47-55(52-46-40-39-45-51(52)54-50-44-38-37-43-49(50)53)48-42-36-34-32-30-28-26-24-22-20-18-16-14-12-10-8-6-4-2/h49-52,54H,3-48,53H2,1-2H3. The molecule has 4 unspecified atom stereocenters. The summed E-state index contributed by atoms with van der Waals surface area (Å²) in [7, 11) is 0. The summed E-state index contributed by atoms with van der Waals surface area (Å²) in [4.78, 5) is 2.99. The maximum absolute atomic E-state index is 6.66. The molecule has 0 aromatic rings. The van der Waals surface area contributed by atoms with Gasteiger partial charge in [-0.3, -0.25) is 4.90 Å². The lowest BCUT2D eigenvalue weighted by molar-refractivity contribution is 0.105. The molecule has 2 aliphatic carbocycles. The van der Waals surface area contributed by atoms with Crippen LogP contribution in [0.15, 0.2) is 0 Å². The maximum Gasteiger partial charge on any atom is 0.0249 e. The number of nitrogens with two attached hydrogens (primary N) is 1. The molecular weight excluding hydrogens is 667 g/mol. The smallest absolute Gasteiger partial charge is 0.0249 e. The van der Waals surface area contributed by atoms with Gasteiger partial charge in [0.05, 0.1) is 0 Å². The Balaban J connectivity index is 1.56. The Hall–Kier alpha value is -0.120. The van der Waals surface area contributed by atoms with Gasteiger partial charge in [-0.2, -0.15) is 0 Å². The van der Waals surface area contributed by atoms with Gasteiger partial charge >= 0.3 is 0 Å². The average molecular weight is 772 g/mol. The van der Waals surface area contributed by atoms with Crippen LogP contribution in [0.3, 0.4) is 0 Å². The van der Waals surface area contributed by atoms with Crippen molar-refractivity contribution in [3.63, 3.8) is 0 Å². The molecule has 0 radical (unpaired) electrons. The number of unbranched alkanes of at least 4 members (excludes halogenated alkanes) is 34. The van der Waals surface area contributed by atoms with Crippen LogP contribution in [-0.2, 0) is 0 Å². The zero-order valence-electron chi connectivity index (χ0n) is 38.4. The topological polar surface area (TPSA) is 41.3 Å². The first-order chi connectivity index (χ1) is 27.3. The molecular formula is C52H105N3. The van der Waals surface area contributed by atoms with Gasteiger partial charge in [-0.15, -0.1) is 0 Å². The molecule has 55 heavy (non-hydrogen) atoms. The first kappa shape index (κ1) is 51.0. The van der Waals surface area contributed by atoms with E-state index >= 15 is 0 Å². The van der Waals surface area contributed by atoms with Crippen molar-refractivity contribution >= 4 is 0 Å². The van der Waals surface area contributed by atoms with Gasteiger partial charge < -0.3 is 11.1 Å². The van der Waals surface area contributed by atoms with Crippen molar-refractivity contribution in [1.29, 1.82) is 0 Å². The van der Waals surface area contributed by atoms with Gasteiger partial charge in [-0.1, -0.05) is 258 Å². The number of hydrogen-bond donors (Lipinski definition) is 2. The summed E-state index contributed by atoms with van der Waals surface area (Å²) >= 11 is 0. The molecule has 3 heteroatoms. The van der Waals surface area contributed by atoms with Crippen LogP contribution in [0.1, 0.15) is 296 Å². The molecule has 4 atom stereocenters. The monoisotopic (exact) mass is 772 g/mol. The largest absolute Gasteiger partial charge is 0.326 e. The Labute approximate surface area is 348 Å². The fourth-order valence-electron chi connectivity index (χ4n) is 10.3. The lowest BCUT2D eigenvalue weighted by Gasteiger charge is -2.43. The quantitative estimate of drug-likeness (QED) is 0.0608. The van der Waals surface area contributed by atoms with Crippen molar-refractivity contribution in [2.75, 3.05) is 13.1 Å². The van der Waals surface area contributed by atoms with Crippen LogP contribution >= 0.6 is 0 Å². The molecule has 2 rings (SSSR count). The summed E-state index contributed by atoms with van der Waals surface area (Å²) < 4.78 is 0. The van der Waals surface area contributed by atoms with Crippen LogP contribution < -0.4 is 11.1 Å². The zero-order chi connectivity index (χ0) is 39.1. The summed E-state index contributed by atoms with van der Waals surface area (Å²) in [6.45, 7) is 7.29. The van der Waals surface area contributed by atoms with E-state index in [1.165, 1.54) is 296 Å². The van der Waals surface area contributed by atoms with Gasteiger partial charge in [-0.05, 0) is 51.6 Å². The van der Waals surface area contributed by atoms with E-state index < -0.39 is 0 Å². The molecule has 0 aromatic heterocycles. The molecule has 0 bridgehead atoms. The second kappa shape index (κ2) is 39.3. The van der Waals surface area contributed by atoms with Crippen molar-refractivity contribution in [2.24, 2.45) is 5.73 Å². The van der Waals surface area contributed by atoms with E-state index in [1.54, 1.807) is 0 Å². The van der Waals surface area contributed by atoms with Gasteiger partial charge in [0.25, 0.3) is 0 Å². The summed E-state index contributed by atoms with van der Waals surface area (Å²) in [5, 5.41) is 4.19. The Morgan fingerprint density at radius 3 is 0.945 bits per heavy atom. The van der Waals surface area contributed by atoms with Gasteiger partial charge in [0, 0.05) is 24.2 Å². The van der Waals surface area contributed by atoms with Gasteiger partial charge in [0.1, 0.15) is 0 Å². The molecule has 0 amide bonds. The molecule has 2 fully saturated rings. The molecule has 0 saturated heterocycles. The summed E-state index contributed by atoms with van der Waals surface area (Å²) in [5.41, 5.74) is 6.66. The van der Waals surface area contributed by atoms with Crippen molar-refractivity contribution < 1.29 is 0 Å². The maximum atomic E-state index is 6.66. The number of nitrogens with one attached hydrogen (secondary N) is 1. The molecule has 3 nitrogen and oxygen atoms in total. The van der Waals surface area contributed by atoms with Crippen LogP contribution in [-0.4, -0.2) is 42.2 Å². The van der Waals surface area contributed by atoms with E-state index in [9.17, 15) is 0 Å². The second-order valence-corrected chi connectivity index (χ2v) is 19.2. The van der Waals surface area contributed by atoms with Crippen LogP contribution in [0.25, 0.3) is 0 Å². The SMILES string of the molecule is CCCCCCCCCCCCCCCCCCCCN(CCCCCCCCCCCCCCCCCCCC)C1CCCCC1NC1CCCCC1N. The van der Waals surface area contributed by atoms with Crippen molar-refractivity contribution in [3.05, 3.63) is 0 Å². The van der Waals surface area contributed by atoms with E-state index in [-0.39, 0.29) is 0 Å². The zero-order valence-corrected chi connectivity index (χ0v) is 38.4. The Morgan fingerprint density at radius 2 is 0.618 bits per heavy atom. The highest BCUT2D eigenvalue weighted by Crippen LogP contribution is 2.27. The normalized spacial score (nSPS) is 20.5. The lowest BCUT2D eigenvalue weighted by Crippen LogP contribution is -2.58. The predicted molar refractivity (Wildman–Crippen MR) is 249 cm³/mol. The van der Waals surface area contributed by atoms with Crippen molar-refractivity contribution in [2.45, 2.75) is 321 Å². The molecule has 0 aliphatic heterocycles. The summed E-state index contributed by atoms with van der Waals surface area (Å²) in [6.07, 6.45) is 63.4. The van der Waals surface area contributed by atoms with Gasteiger partial charge in [0.2, 0.25) is 0 Å². The van der Waals surface area contributed by atoms with Gasteiger partial charge in [0.15, 0.2) is 0 Å². The third kappa shape index (κ3) is 29.7. The van der Waals surface area contributed by atoms with Crippen molar-refractivity contribution in [3.8, 4) is 0 Å². The summed E-state index contributed by atoms with van der Waals surface area (Å²) in [5.74, 6) is 0. The molecule has 2 aliphatic rings. The third-order valence-corrected chi connectivity index (χ3v) is 14.0. The van der Waals surface area contributed by atoms with E-state index in [4.69, 9.17) is 5.73 Å². The van der Waals surface area contributed by atoms with E-state index in [0.29, 0.717) is 18.1 Å². The second-order valence-electron chi connectivity index (χ2n) is 19.2. The van der Waals surface area contributed by atoms with E-state index in [2.05, 4.69) is 24.1 Å². The average Bonchev–Trinajstić information content (AvgIpc) is 3.20. The number of nitrogens with zero attached hydrogens (tertiary/aromatic N) is 1. The molecule has 0 aromatic carbocycles. The fraction of sp³-hybridized carbons (Fsp3) is 1.00. The Bertz CT molecular complexity index is 715. The first-order valence-electron chi connectivity index (χ1n) is 26.5. The Morgan fingerprint density at radius 1 is 0.345 bits per heavy atom. The number of rotatable bonds is 41. The van der Waals surface area contributed by atoms with Crippen molar-refractivity contribution in [1.82, 2.24) is 10.2 Å². The minimum atomic E-state index is 0.370.